The van der Waals surface area contributed by atoms with Crippen LogP contribution >= 0.6 is 0 Å². The summed E-state index contributed by atoms with van der Waals surface area (Å²) in [6.45, 7) is 0. The summed E-state index contributed by atoms with van der Waals surface area (Å²) in [5.74, 6) is 0.343. The molecule has 1 aromatic carbocycles. The van der Waals surface area contributed by atoms with Crippen LogP contribution in [0.5, 0.6) is 5.75 Å². The van der Waals surface area contributed by atoms with Gasteiger partial charge in [0, 0.05) is 27.7 Å². The Balaban J connectivity index is 0.000001000. The molecule has 11 heavy (non-hydrogen) atoms. The summed E-state index contributed by atoms with van der Waals surface area (Å²) in [4.78, 5) is 9.95. The van der Waals surface area contributed by atoms with Gasteiger partial charge in [-0.15, -0.1) is 0 Å². The molecule has 3 nitrogen and oxygen atoms in total. The van der Waals surface area contributed by atoms with Crippen molar-refractivity contribution in [2.75, 3.05) is 0 Å². The van der Waals surface area contributed by atoms with E-state index in [1.54, 1.807) is 30.3 Å². The molecule has 4 heteroatoms. The number of rotatable bonds is 1. The van der Waals surface area contributed by atoms with Crippen LogP contribution < -0.4 is 4.74 Å². The van der Waals surface area contributed by atoms with Gasteiger partial charge in [-0.2, -0.15) is 0 Å². The first-order valence-electron chi connectivity index (χ1n) is 2.75. The number of carbonyl (C=O) groups is 1. The smallest absolute Gasteiger partial charge is 0.449 e. The van der Waals surface area contributed by atoms with E-state index in [1.807, 2.05) is 0 Å². The summed E-state index contributed by atoms with van der Waals surface area (Å²) in [5, 5.41) is 8.14. The van der Waals surface area contributed by atoms with E-state index in [-0.39, 0.29) is 27.7 Å². The molecule has 0 amide bonds. The number of ether oxygens (including phenoxy) is 1. The van der Waals surface area contributed by atoms with Gasteiger partial charge in [0.25, 0.3) is 0 Å². The zero-order valence-corrected chi connectivity index (χ0v) is 11.4. The molecule has 1 N–H and O–H groups in total. The van der Waals surface area contributed by atoms with Crippen molar-refractivity contribution in [3.8, 4) is 5.75 Å². The summed E-state index contributed by atoms with van der Waals surface area (Å²) in [7, 11) is 0. The molecule has 0 radical (unpaired) electrons. The molecule has 0 heterocycles. The summed E-state index contributed by atoms with van der Waals surface area (Å²) < 4.78 is 4.33. The van der Waals surface area contributed by atoms with Crippen molar-refractivity contribution >= 4 is 6.16 Å². The fourth-order valence-electron chi connectivity index (χ4n) is 0.589. The minimum atomic E-state index is -1.29. The van der Waals surface area contributed by atoms with Gasteiger partial charge >= 0.3 is 6.16 Å². The Morgan fingerprint density at radius 2 is 1.82 bits per heavy atom. The minimum absolute atomic E-state index is 0. The van der Waals surface area contributed by atoms with E-state index in [2.05, 4.69) is 4.74 Å². The first-order valence-corrected chi connectivity index (χ1v) is 2.75. The van der Waals surface area contributed by atoms with Crippen LogP contribution in [0.4, 0.5) is 4.79 Å². The molecule has 0 saturated heterocycles. The van der Waals surface area contributed by atoms with E-state index in [0.717, 1.165) is 0 Å². The summed E-state index contributed by atoms with van der Waals surface area (Å²) in [5.41, 5.74) is 0. The largest absolute Gasteiger partial charge is 0.511 e. The summed E-state index contributed by atoms with van der Waals surface area (Å²) in [6.07, 6.45) is -1.29. The Labute approximate surface area is 84.5 Å². The second kappa shape index (κ2) is 5.13. The van der Waals surface area contributed by atoms with Gasteiger partial charge in [0.05, 0.1) is 0 Å². The SMILES string of the molecule is O=C(O)Oc1ccccc1.[Hg]. The van der Waals surface area contributed by atoms with E-state index in [4.69, 9.17) is 5.11 Å². The van der Waals surface area contributed by atoms with Crippen molar-refractivity contribution in [1.29, 1.82) is 0 Å². The molecule has 1 aromatic rings. The van der Waals surface area contributed by atoms with E-state index in [9.17, 15) is 4.79 Å². The number of hydrogen-bond acceptors (Lipinski definition) is 2. The topological polar surface area (TPSA) is 46.5 Å². The quantitative estimate of drug-likeness (QED) is 0.482. The standard InChI is InChI=1S/C7H6O3.Hg/c8-7(9)10-6-4-2-1-3-5-6;/h1-5H,(H,8,9);. The van der Waals surface area contributed by atoms with Gasteiger partial charge in [-0.05, 0) is 12.1 Å². The third-order valence-corrected chi connectivity index (χ3v) is 0.948. The fourth-order valence-corrected chi connectivity index (χ4v) is 0.589. The molecule has 0 spiro atoms. The predicted octanol–water partition coefficient (Wildman–Crippen LogP) is 1.74. The van der Waals surface area contributed by atoms with Gasteiger partial charge in [-0.25, -0.2) is 4.79 Å². The van der Waals surface area contributed by atoms with E-state index in [1.165, 1.54) is 0 Å². The molecule has 0 aromatic heterocycles. The second-order valence-corrected chi connectivity index (χ2v) is 1.68. The zero-order chi connectivity index (χ0) is 7.40. The summed E-state index contributed by atoms with van der Waals surface area (Å²) in [6, 6.07) is 8.35. The van der Waals surface area contributed by atoms with Crippen LogP contribution in [0.1, 0.15) is 0 Å². The molecule has 0 bridgehead atoms. The number of benzene rings is 1. The third-order valence-electron chi connectivity index (χ3n) is 0.948. The zero-order valence-electron chi connectivity index (χ0n) is 5.86. The maximum Gasteiger partial charge on any atom is 0.511 e. The van der Waals surface area contributed by atoms with Crippen LogP contribution in [-0.4, -0.2) is 11.3 Å². The average Bonchev–Trinajstić information content (AvgIpc) is 1.88. The molecular weight excluding hydrogens is 333 g/mol. The van der Waals surface area contributed by atoms with Crippen LogP contribution in [0.25, 0.3) is 0 Å². The molecule has 0 aliphatic carbocycles. The van der Waals surface area contributed by atoms with Gasteiger partial charge in [-0.3, -0.25) is 0 Å². The molecule has 0 fully saturated rings. The molecule has 1 rings (SSSR count). The molecule has 0 saturated carbocycles. The average molecular weight is 339 g/mol. The molecular formula is C7H6HgO3. The van der Waals surface area contributed by atoms with Gasteiger partial charge in [-0.1, -0.05) is 18.2 Å². The van der Waals surface area contributed by atoms with Crippen LogP contribution in [-0.2, 0) is 27.7 Å². The number of carboxylic acid groups (broad SMARTS) is 1. The van der Waals surface area contributed by atoms with Crippen molar-refractivity contribution in [1.82, 2.24) is 0 Å². The number of hydrogen-bond donors (Lipinski definition) is 1. The summed E-state index contributed by atoms with van der Waals surface area (Å²) >= 11 is 0. The van der Waals surface area contributed by atoms with E-state index >= 15 is 0 Å². The fraction of sp³-hybridized carbons (Fsp3) is 0. The molecule has 0 atom stereocenters. The Morgan fingerprint density at radius 3 is 2.27 bits per heavy atom. The van der Waals surface area contributed by atoms with Crippen LogP contribution in [0.3, 0.4) is 0 Å². The molecule has 54 valence electrons. The first-order chi connectivity index (χ1) is 4.79. The van der Waals surface area contributed by atoms with Gasteiger partial charge in [0.1, 0.15) is 5.75 Å². The van der Waals surface area contributed by atoms with E-state index in [0.29, 0.717) is 5.75 Å². The maximum absolute atomic E-state index is 9.95. The monoisotopic (exact) mass is 340 g/mol. The Bertz CT molecular complexity index is 222. The van der Waals surface area contributed by atoms with Crippen molar-refractivity contribution in [3.63, 3.8) is 0 Å². The number of para-hydroxylation sites is 1. The molecule has 0 aliphatic rings. The Morgan fingerprint density at radius 1 is 1.27 bits per heavy atom. The van der Waals surface area contributed by atoms with Gasteiger partial charge < -0.3 is 9.84 Å². The maximum atomic E-state index is 9.95. The first kappa shape index (κ1) is 10.4. The van der Waals surface area contributed by atoms with Crippen molar-refractivity contribution in [2.45, 2.75) is 0 Å². The molecule has 0 aliphatic heterocycles. The predicted molar refractivity (Wildman–Crippen MR) is 35.1 cm³/mol. The van der Waals surface area contributed by atoms with E-state index < -0.39 is 6.16 Å². The second-order valence-electron chi connectivity index (χ2n) is 1.68. The molecule has 0 unspecified atom stereocenters. The minimum Gasteiger partial charge on any atom is -0.449 e. The van der Waals surface area contributed by atoms with Gasteiger partial charge in [0.2, 0.25) is 0 Å². The third kappa shape index (κ3) is 3.98. The van der Waals surface area contributed by atoms with Crippen LogP contribution in [0.2, 0.25) is 0 Å². The Kier molecular flexibility index (Phi) is 4.86. The van der Waals surface area contributed by atoms with Crippen LogP contribution in [0.15, 0.2) is 30.3 Å². The van der Waals surface area contributed by atoms with Crippen molar-refractivity contribution in [2.24, 2.45) is 0 Å². The van der Waals surface area contributed by atoms with Crippen LogP contribution in [0, 0.1) is 0 Å². The van der Waals surface area contributed by atoms with Crippen molar-refractivity contribution < 1.29 is 42.3 Å². The van der Waals surface area contributed by atoms with Gasteiger partial charge in [0.15, 0.2) is 0 Å². The Hall–Kier alpha value is -0.575. The van der Waals surface area contributed by atoms with Crippen molar-refractivity contribution in [3.05, 3.63) is 30.3 Å². The normalized spacial score (nSPS) is 8.00.